The standard InChI is InChI=1S/C25H33N3O5S.ClH/c1-7-31-20-14-17(15-21(32-8-2)23(20)33-9-3)24(29)28(13-12-27(4)5)25-26-19-16-18(30-6)10-11-22(19)34-25;/h10-11,14-16H,7-9,12-13H2,1-6H3;1H. The van der Waals surface area contributed by atoms with Crippen LogP contribution in [0.25, 0.3) is 10.2 Å². The lowest BCUT2D eigenvalue weighted by Gasteiger charge is -2.23. The van der Waals surface area contributed by atoms with E-state index < -0.39 is 0 Å². The summed E-state index contributed by atoms with van der Waals surface area (Å²) >= 11 is 1.47. The van der Waals surface area contributed by atoms with Crippen molar-refractivity contribution in [3.05, 3.63) is 35.9 Å². The fraction of sp³-hybridized carbons (Fsp3) is 0.440. The molecule has 3 aromatic rings. The summed E-state index contributed by atoms with van der Waals surface area (Å²) in [5.41, 5.74) is 1.24. The lowest BCUT2D eigenvalue weighted by molar-refractivity contribution is 0.0984. The first-order chi connectivity index (χ1) is 16.4. The van der Waals surface area contributed by atoms with Crippen LogP contribution in [0.5, 0.6) is 23.0 Å². The van der Waals surface area contributed by atoms with Crippen LogP contribution in [0, 0.1) is 0 Å². The molecule has 1 amide bonds. The van der Waals surface area contributed by atoms with E-state index in [4.69, 9.17) is 23.9 Å². The Morgan fingerprint density at radius 3 is 2.11 bits per heavy atom. The van der Waals surface area contributed by atoms with Gasteiger partial charge in [0, 0.05) is 24.7 Å². The topological polar surface area (TPSA) is 73.4 Å². The molecule has 0 N–H and O–H groups in total. The Hall–Kier alpha value is -2.75. The summed E-state index contributed by atoms with van der Waals surface area (Å²) in [7, 11) is 5.57. The van der Waals surface area contributed by atoms with Crippen LogP contribution in [0.2, 0.25) is 0 Å². The molecule has 0 saturated carbocycles. The molecule has 0 spiro atoms. The largest absolute Gasteiger partial charge is 0.497 e. The van der Waals surface area contributed by atoms with Crippen molar-refractivity contribution >= 4 is 45.0 Å². The maximum absolute atomic E-state index is 13.8. The number of ether oxygens (including phenoxy) is 4. The van der Waals surface area contributed by atoms with Crippen LogP contribution in [0.4, 0.5) is 5.13 Å². The highest BCUT2D eigenvalue weighted by molar-refractivity contribution is 7.22. The number of fused-ring (bicyclic) bond motifs is 1. The summed E-state index contributed by atoms with van der Waals surface area (Å²) in [4.78, 5) is 22.3. The monoisotopic (exact) mass is 523 g/mol. The summed E-state index contributed by atoms with van der Waals surface area (Å²) in [5.74, 6) is 2.03. The highest BCUT2D eigenvalue weighted by Crippen LogP contribution is 2.40. The average Bonchev–Trinajstić information content (AvgIpc) is 3.23. The van der Waals surface area contributed by atoms with Gasteiger partial charge in [0.1, 0.15) is 5.75 Å². The number of aromatic nitrogens is 1. The highest BCUT2D eigenvalue weighted by atomic mass is 35.5. The van der Waals surface area contributed by atoms with E-state index in [0.717, 1.165) is 16.0 Å². The Morgan fingerprint density at radius 1 is 0.943 bits per heavy atom. The molecular formula is C25H34ClN3O5S. The number of nitrogens with zero attached hydrogens (tertiary/aromatic N) is 3. The first-order valence-corrected chi connectivity index (χ1v) is 12.2. The lowest BCUT2D eigenvalue weighted by atomic mass is 10.1. The first-order valence-electron chi connectivity index (χ1n) is 11.4. The van der Waals surface area contributed by atoms with Crippen LogP contribution in [-0.4, -0.2) is 69.9 Å². The van der Waals surface area contributed by atoms with E-state index in [1.165, 1.54) is 11.3 Å². The predicted molar refractivity (Wildman–Crippen MR) is 144 cm³/mol. The van der Waals surface area contributed by atoms with Gasteiger partial charge in [-0.1, -0.05) is 11.3 Å². The van der Waals surface area contributed by atoms with E-state index in [-0.39, 0.29) is 18.3 Å². The third-order valence-corrected chi connectivity index (χ3v) is 6.05. The van der Waals surface area contributed by atoms with Gasteiger partial charge in [-0.3, -0.25) is 9.69 Å². The average molecular weight is 524 g/mol. The SMILES string of the molecule is CCOc1cc(C(=O)N(CCN(C)C)c2nc3cc(OC)ccc3s2)cc(OCC)c1OCC.Cl. The maximum atomic E-state index is 13.8. The van der Waals surface area contributed by atoms with Gasteiger partial charge in [-0.05, 0) is 59.1 Å². The zero-order valence-electron chi connectivity index (χ0n) is 21.1. The lowest BCUT2D eigenvalue weighted by Crippen LogP contribution is -2.36. The summed E-state index contributed by atoms with van der Waals surface area (Å²) < 4.78 is 23.7. The number of amides is 1. The molecule has 192 valence electrons. The molecule has 0 bridgehead atoms. The first kappa shape index (κ1) is 28.5. The molecular weight excluding hydrogens is 490 g/mol. The molecule has 10 heteroatoms. The number of carbonyl (C=O) groups is 1. The van der Waals surface area contributed by atoms with Gasteiger partial charge in [-0.2, -0.15) is 0 Å². The van der Waals surface area contributed by atoms with Crippen molar-refractivity contribution in [3.63, 3.8) is 0 Å². The zero-order chi connectivity index (χ0) is 24.7. The molecule has 3 rings (SSSR count). The molecule has 35 heavy (non-hydrogen) atoms. The second kappa shape index (κ2) is 13.4. The molecule has 2 aromatic carbocycles. The number of rotatable bonds is 12. The molecule has 0 radical (unpaired) electrons. The van der Waals surface area contributed by atoms with Crippen molar-refractivity contribution in [1.82, 2.24) is 9.88 Å². The van der Waals surface area contributed by atoms with Crippen LogP contribution < -0.4 is 23.8 Å². The minimum Gasteiger partial charge on any atom is -0.497 e. The number of anilines is 1. The Balaban J connectivity index is 0.00000432. The summed E-state index contributed by atoms with van der Waals surface area (Å²) in [6, 6.07) is 9.17. The number of halogens is 1. The Kier molecular flexibility index (Phi) is 10.9. The molecule has 0 unspecified atom stereocenters. The minimum atomic E-state index is -0.183. The second-order valence-corrected chi connectivity index (χ2v) is 8.70. The number of benzene rings is 2. The molecule has 1 heterocycles. The Bertz CT molecular complexity index is 1090. The normalized spacial score (nSPS) is 10.7. The Labute approximate surface area is 217 Å². The quantitative estimate of drug-likeness (QED) is 0.326. The van der Waals surface area contributed by atoms with Crippen molar-refractivity contribution < 1.29 is 23.7 Å². The summed E-state index contributed by atoms with van der Waals surface area (Å²) in [6.07, 6.45) is 0. The third-order valence-electron chi connectivity index (χ3n) is 4.99. The summed E-state index contributed by atoms with van der Waals surface area (Å²) in [6.45, 7) is 8.17. The number of likely N-dealkylation sites (N-methyl/N-ethyl adjacent to an activating group) is 1. The van der Waals surface area contributed by atoms with Crippen molar-refractivity contribution in [1.29, 1.82) is 0 Å². The fourth-order valence-electron chi connectivity index (χ4n) is 3.39. The van der Waals surface area contributed by atoms with Crippen molar-refractivity contribution in [2.24, 2.45) is 0 Å². The van der Waals surface area contributed by atoms with Crippen molar-refractivity contribution in [2.45, 2.75) is 20.8 Å². The van der Waals surface area contributed by atoms with Crippen LogP contribution in [-0.2, 0) is 0 Å². The van der Waals surface area contributed by atoms with Crippen molar-refractivity contribution in [3.8, 4) is 23.0 Å². The fourth-order valence-corrected chi connectivity index (χ4v) is 4.36. The number of carbonyl (C=O) groups excluding carboxylic acids is 1. The maximum Gasteiger partial charge on any atom is 0.260 e. The second-order valence-electron chi connectivity index (χ2n) is 7.69. The third kappa shape index (κ3) is 6.90. The van der Waals surface area contributed by atoms with E-state index in [1.54, 1.807) is 24.1 Å². The van der Waals surface area contributed by atoms with Crippen LogP contribution >= 0.6 is 23.7 Å². The molecule has 0 aliphatic rings. The van der Waals surface area contributed by atoms with Crippen LogP contribution in [0.3, 0.4) is 0 Å². The van der Waals surface area contributed by atoms with Crippen LogP contribution in [0.1, 0.15) is 31.1 Å². The molecule has 1 aromatic heterocycles. The van der Waals surface area contributed by atoms with Gasteiger partial charge in [0.15, 0.2) is 16.6 Å². The van der Waals surface area contributed by atoms with Gasteiger partial charge >= 0.3 is 0 Å². The minimum absolute atomic E-state index is 0. The number of hydrogen-bond acceptors (Lipinski definition) is 8. The summed E-state index contributed by atoms with van der Waals surface area (Å²) in [5, 5.41) is 0.625. The smallest absolute Gasteiger partial charge is 0.260 e. The molecule has 0 saturated heterocycles. The molecule has 0 fully saturated rings. The molecule has 8 nitrogen and oxygen atoms in total. The van der Waals surface area contributed by atoms with E-state index in [1.807, 2.05) is 58.0 Å². The molecule has 0 aliphatic carbocycles. The number of methoxy groups -OCH3 is 1. The Morgan fingerprint density at radius 2 is 1.57 bits per heavy atom. The van der Waals surface area contributed by atoms with E-state index in [0.29, 0.717) is 60.9 Å². The van der Waals surface area contributed by atoms with Gasteiger partial charge in [0.25, 0.3) is 5.91 Å². The van der Waals surface area contributed by atoms with E-state index >= 15 is 0 Å². The van der Waals surface area contributed by atoms with E-state index in [2.05, 4.69) is 0 Å². The predicted octanol–water partition coefficient (Wildman–Crippen LogP) is 5.13. The van der Waals surface area contributed by atoms with Gasteiger partial charge in [0.05, 0.1) is 37.1 Å². The number of hydrogen-bond donors (Lipinski definition) is 0. The zero-order valence-corrected chi connectivity index (χ0v) is 22.8. The van der Waals surface area contributed by atoms with Crippen LogP contribution in [0.15, 0.2) is 30.3 Å². The highest BCUT2D eigenvalue weighted by Gasteiger charge is 2.25. The van der Waals surface area contributed by atoms with Gasteiger partial charge in [0.2, 0.25) is 5.75 Å². The molecule has 0 atom stereocenters. The van der Waals surface area contributed by atoms with E-state index in [9.17, 15) is 4.79 Å². The molecule has 0 aliphatic heterocycles. The van der Waals surface area contributed by atoms with Crippen molar-refractivity contribution in [2.75, 3.05) is 59.0 Å². The number of thiazole rings is 1. The van der Waals surface area contributed by atoms with Gasteiger partial charge in [-0.25, -0.2) is 4.98 Å². The van der Waals surface area contributed by atoms with Gasteiger partial charge < -0.3 is 23.8 Å². The van der Waals surface area contributed by atoms with Gasteiger partial charge in [-0.15, -0.1) is 12.4 Å².